The van der Waals surface area contributed by atoms with E-state index in [9.17, 15) is 10.4 Å². The first-order valence-electron chi connectivity index (χ1n) is 9.72. The molecule has 158 valence electrons. The number of ether oxygens (including phenoxy) is 2. The molecule has 0 radical (unpaired) electrons. The van der Waals surface area contributed by atoms with Gasteiger partial charge in [0.15, 0.2) is 11.6 Å². The minimum atomic E-state index is -0.219. The Balaban J connectivity index is 1.70. The van der Waals surface area contributed by atoms with E-state index in [0.717, 1.165) is 10.2 Å². The van der Waals surface area contributed by atoms with E-state index in [4.69, 9.17) is 9.47 Å². The Hall–Kier alpha value is -3.35. The Morgan fingerprint density at radius 3 is 2.48 bits per heavy atom. The zero-order valence-electron chi connectivity index (χ0n) is 16.6. The van der Waals surface area contributed by atoms with Crippen molar-refractivity contribution < 1.29 is 14.6 Å². The van der Waals surface area contributed by atoms with Crippen LogP contribution in [-0.2, 0) is 4.74 Å². The van der Waals surface area contributed by atoms with Crippen molar-refractivity contribution in [3.8, 4) is 17.5 Å². The number of hydrogen-bond acceptors (Lipinski definition) is 7. The largest absolute Gasteiger partial charge is 0.507 e. The highest BCUT2D eigenvalue weighted by Crippen LogP contribution is 2.26. The molecule has 2 aromatic carbocycles. The van der Waals surface area contributed by atoms with Gasteiger partial charge in [-0.3, -0.25) is 4.57 Å². The Kier molecular flexibility index (Phi) is 6.50. The molecular weight excluding hydrogens is 462 g/mol. The van der Waals surface area contributed by atoms with Crippen LogP contribution in [0, 0.1) is 11.3 Å². The molecule has 0 saturated carbocycles. The predicted octanol–water partition coefficient (Wildman–Crippen LogP) is 3.74. The highest BCUT2D eigenvalue weighted by atomic mass is 79.9. The number of nitrogens with zero attached hydrogens (tertiary/aromatic N) is 5. The van der Waals surface area contributed by atoms with Crippen LogP contribution < -0.4 is 9.64 Å². The van der Waals surface area contributed by atoms with Gasteiger partial charge in [0.2, 0.25) is 5.95 Å². The Bertz CT molecular complexity index is 1100. The number of anilines is 1. The van der Waals surface area contributed by atoms with Gasteiger partial charge in [0, 0.05) is 17.6 Å². The molecule has 2 heterocycles. The van der Waals surface area contributed by atoms with E-state index < -0.39 is 0 Å². The fourth-order valence-electron chi connectivity index (χ4n) is 3.22. The number of allylic oxidation sites excluding steroid dienone is 1. The van der Waals surface area contributed by atoms with Gasteiger partial charge in [0.1, 0.15) is 24.0 Å². The van der Waals surface area contributed by atoms with Crippen molar-refractivity contribution in [3.05, 3.63) is 70.7 Å². The van der Waals surface area contributed by atoms with Gasteiger partial charge in [-0.15, -0.1) is 10.2 Å². The lowest BCUT2D eigenvalue weighted by Gasteiger charge is -2.28. The molecule has 4 rings (SSSR count). The van der Waals surface area contributed by atoms with Crippen molar-refractivity contribution in [1.82, 2.24) is 14.8 Å². The molecule has 0 aliphatic carbocycles. The molecule has 3 aromatic rings. The monoisotopic (exact) mass is 481 g/mol. The predicted molar refractivity (Wildman–Crippen MR) is 119 cm³/mol. The lowest BCUT2D eigenvalue weighted by atomic mass is 10.2. The van der Waals surface area contributed by atoms with Crippen LogP contribution in [0.2, 0.25) is 0 Å². The van der Waals surface area contributed by atoms with Gasteiger partial charge in [-0.2, -0.15) is 5.26 Å². The number of benzene rings is 2. The number of aromatic nitrogens is 3. The SMILES string of the molecule is N#C/C(=C(/O)COc1ccc(Br)cc1)c1nnc(N2CCOCC2)n1-c1ccccc1. The van der Waals surface area contributed by atoms with E-state index in [0.29, 0.717) is 38.0 Å². The summed E-state index contributed by atoms with van der Waals surface area (Å²) < 4.78 is 13.8. The van der Waals surface area contributed by atoms with Crippen molar-refractivity contribution in [2.24, 2.45) is 0 Å². The van der Waals surface area contributed by atoms with Crippen LogP contribution in [0.5, 0.6) is 5.75 Å². The van der Waals surface area contributed by atoms with E-state index >= 15 is 0 Å². The highest BCUT2D eigenvalue weighted by molar-refractivity contribution is 9.10. The Morgan fingerprint density at radius 2 is 1.81 bits per heavy atom. The van der Waals surface area contributed by atoms with E-state index in [1.807, 2.05) is 42.5 Å². The molecule has 1 N–H and O–H groups in total. The lowest BCUT2D eigenvalue weighted by Crippen LogP contribution is -2.38. The molecule has 9 heteroatoms. The molecule has 0 amide bonds. The number of aliphatic hydroxyl groups is 1. The summed E-state index contributed by atoms with van der Waals surface area (Å²) in [5.41, 5.74) is 0.798. The third kappa shape index (κ3) is 4.71. The minimum Gasteiger partial charge on any atom is -0.507 e. The number of aliphatic hydroxyl groups excluding tert-OH is 1. The topological polar surface area (TPSA) is 96.4 Å². The van der Waals surface area contributed by atoms with E-state index in [-0.39, 0.29) is 23.8 Å². The zero-order chi connectivity index (χ0) is 21.6. The van der Waals surface area contributed by atoms with E-state index in [1.165, 1.54) is 0 Å². The number of nitriles is 1. The second-order valence-electron chi connectivity index (χ2n) is 6.77. The van der Waals surface area contributed by atoms with Crippen LogP contribution in [0.4, 0.5) is 5.95 Å². The van der Waals surface area contributed by atoms with Crippen LogP contribution in [-0.4, -0.2) is 52.8 Å². The maximum Gasteiger partial charge on any atom is 0.232 e. The molecule has 0 unspecified atom stereocenters. The van der Waals surface area contributed by atoms with Crippen molar-refractivity contribution in [2.75, 3.05) is 37.8 Å². The number of hydrogen-bond donors (Lipinski definition) is 1. The summed E-state index contributed by atoms with van der Waals surface area (Å²) in [5, 5.41) is 29.1. The Labute approximate surface area is 188 Å². The molecule has 0 bridgehead atoms. The van der Waals surface area contributed by atoms with Crippen molar-refractivity contribution in [3.63, 3.8) is 0 Å². The number of rotatable bonds is 6. The molecule has 8 nitrogen and oxygen atoms in total. The van der Waals surface area contributed by atoms with Gasteiger partial charge in [-0.05, 0) is 36.4 Å². The van der Waals surface area contributed by atoms with Gasteiger partial charge in [-0.1, -0.05) is 34.1 Å². The highest BCUT2D eigenvalue weighted by Gasteiger charge is 2.25. The first-order chi connectivity index (χ1) is 15.2. The number of para-hydroxylation sites is 1. The maximum absolute atomic E-state index is 10.7. The fraction of sp³-hybridized carbons (Fsp3) is 0.227. The second-order valence-corrected chi connectivity index (χ2v) is 7.69. The van der Waals surface area contributed by atoms with Crippen LogP contribution in [0.15, 0.2) is 64.8 Å². The summed E-state index contributed by atoms with van der Waals surface area (Å²) in [6, 6.07) is 18.8. The van der Waals surface area contributed by atoms with Crippen LogP contribution in [0.1, 0.15) is 5.82 Å². The molecule has 0 spiro atoms. The van der Waals surface area contributed by atoms with Crippen molar-refractivity contribution in [2.45, 2.75) is 0 Å². The minimum absolute atomic E-state index is 0.00738. The standard InChI is InChI=1S/C22H20BrN5O3/c23-16-6-8-18(9-7-16)31-15-20(29)19(14-24)21-25-26-22(27-10-12-30-13-11-27)28(21)17-4-2-1-3-5-17/h1-9,29H,10-13,15H2/b20-19-. The first-order valence-corrected chi connectivity index (χ1v) is 10.5. The quantitative estimate of drug-likeness (QED) is 0.423. The Morgan fingerprint density at radius 1 is 1.10 bits per heavy atom. The van der Waals surface area contributed by atoms with Crippen LogP contribution in [0.3, 0.4) is 0 Å². The third-order valence-electron chi connectivity index (χ3n) is 4.77. The molecule has 1 saturated heterocycles. The van der Waals surface area contributed by atoms with Crippen molar-refractivity contribution >= 4 is 27.5 Å². The van der Waals surface area contributed by atoms with E-state index in [2.05, 4.69) is 37.1 Å². The number of halogens is 1. The zero-order valence-corrected chi connectivity index (χ0v) is 18.2. The summed E-state index contributed by atoms with van der Waals surface area (Å²) in [6.07, 6.45) is 0. The van der Waals surface area contributed by atoms with Gasteiger partial charge < -0.3 is 19.5 Å². The van der Waals surface area contributed by atoms with Crippen molar-refractivity contribution in [1.29, 1.82) is 5.26 Å². The van der Waals surface area contributed by atoms with Gasteiger partial charge >= 0.3 is 0 Å². The maximum atomic E-state index is 10.7. The summed E-state index contributed by atoms with van der Waals surface area (Å²) in [5.74, 6) is 1.21. The fourth-order valence-corrected chi connectivity index (χ4v) is 3.48. The van der Waals surface area contributed by atoms with Gasteiger partial charge in [0.25, 0.3) is 0 Å². The van der Waals surface area contributed by atoms with Gasteiger partial charge in [-0.25, -0.2) is 0 Å². The molecule has 31 heavy (non-hydrogen) atoms. The summed E-state index contributed by atoms with van der Waals surface area (Å²) in [4.78, 5) is 2.05. The second kappa shape index (κ2) is 9.64. The molecular formula is C22H20BrN5O3. The third-order valence-corrected chi connectivity index (χ3v) is 5.30. The van der Waals surface area contributed by atoms with Crippen LogP contribution >= 0.6 is 15.9 Å². The summed E-state index contributed by atoms with van der Waals surface area (Å²) in [6.45, 7) is 2.33. The normalized spacial score (nSPS) is 14.6. The first kappa shape index (κ1) is 20.9. The number of morpholine rings is 1. The average Bonchev–Trinajstić information content (AvgIpc) is 3.25. The summed E-state index contributed by atoms with van der Waals surface area (Å²) in [7, 11) is 0. The lowest BCUT2D eigenvalue weighted by molar-refractivity contribution is 0.122. The molecule has 1 aliphatic rings. The summed E-state index contributed by atoms with van der Waals surface area (Å²) >= 11 is 3.37. The molecule has 1 aliphatic heterocycles. The van der Waals surface area contributed by atoms with Gasteiger partial charge in [0.05, 0.1) is 18.9 Å². The average molecular weight is 482 g/mol. The molecule has 0 atom stereocenters. The van der Waals surface area contributed by atoms with Crippen LogP contribution in [0.25, 0.3) is 11.3 Å². The molecule has 1 aromatic heterocycles. The van der Waals surface area contributed by atoms with E-state index in [1.54, 1.807) is 16.7 Å². The smallest absolute Gasteiger partial charge is 0.232 e. The molecule has 1 fully saturated rings.